The van der Waals surface area contributed by atoms with E-state index < -0.39 is 0 Å². The van der Waals surface area contributed by atoms with Crippen molar-refractivity contribution in [3.63, 3.8) is 0 Å². The van der Waals surface area contributed by atoms with E-state index in [-0.39, 0.29) is 22.6 Å². The second-order valence-electron chi connectivity index (χ2n) is 10.1. The summed E-state index contributed by atoms with van der Waals surface area (Å²) in [5.41, 5.74) is 5.55. The highest BCUT2D eigenvalue weighted by Crippen LogP contribution is 2.41. The van der Waals surface area contributed by atoms with Gasteiger partial charge in [-0.2, -0.15) is 0 Å². The molecule has 4 heteroatoms. The maximum absolute atomic E-state index is 12.1. The minimum absolute atomic E-state index is 0.119. The minimum atomic E-state index is -0.119. The molecule has 0 fully saturated rings. The summed E-state index contributed by atoms with van der Waals surface area (Å²) in [5, 5.41) is 5.70. The van der Waals surface area contributed by atoms with Gasteiger partial charge in [0.15, 0.2) is 0 Å². The molecule has 0 aromatic carbocycles. The van der Waals surface area contributed by atoms with E-state index in [1.165, 1.54) is 35.1 Å². The Morgan fingerprint density at radius 2 is 1.13 bits per heavy atom. The van der Waals surface area contributed by atoms with Crippen molar-refractivity contribution in [3.8, 4) is 0 Å². The quantitative estimate of drug-likeness (QED) is 0.435. The number of hydrogen-bond acceptors (Lipinski definition) is 2. The van der Waals surface area contributed by atoms with Gasteiger partial charge in [0.1, 0.15) is 0 Å². The molecule has 2 rings (SSSR count). The van der Waals surface area contributed by atoms with Crippen molar-refractivity contribution in [2.24, 2.45) is 10.8 Å². The number of nitrogens with one attached hydrogen (secondary N) is 2. The molecule has 0 aromatic heterocycles. The summed E-state index contributed by atoms with van der Waals surface area (Å²) in [4.78, 5) is 24.3. The largest absolute Gasteiger partial charge is 0.351 e. The van der Waals surface area contributed by atoms with Crippen LogP contribution in [0.15, 0.2) is 46.6 Å². The summed E-state index contributed by atoms with van der Waals surface area (Å²) in [7, 11) is 0. The maximum Gasteiger partial charge on any atom is 0.244 e. The molecular weight excluding hydrogens is 372 g/mol. The molecule has 0 saturated heterocycles. The van der Waals surface area contributed by atoms with Crippen LogP contribution in [0.3, 0.4) is 0 Å². The molecule has 0 spiro atoms. The lowest BCUT2D eigenvalue weighted by Crippen LogP contribution is -2.33. The maximum atomic E-state index is 12.1. The van der Waals surface area contributed by atoms with Gasteiger partial charge in [-0.15, -0.1) is 0 Å². The Morgan fingerprint density at radius 1 is 0.767 bits per heavy atom. The highest BCUT2D eigenvalue weighted by atomic mass is 16.2. The molecule has 0 bridgehead atoms. The van der Waals surface area contributed by atoms with E-state index >= 15 is 0 Å². The van der Waals surface area contributed by atoms with Crippen LogP contribution in [-0.4, -0.2) is 24.9 Å². The van der Waals surface area contributed by atoms with Crippen LogP contribution in [0.25, 0.3) is 0 Å². The summed E-state index contributed by atoms with van der Waals surface area (Å²) < 4.78 is 0. The van der Waals surface area contributed by atoms with E-state index in [1.54, 1.807) is 12.2 Å². The molecule has 4 nitrogen and oxygen atoms in total. The van der Waals surface area contributed by atoms with Crippen molar-refractivity contribution in [2.75, 3.05) is 13.1 Å². The van der Waals surface area contributed by atoms with Gasteiger partial charge in [0, 0.05) is 25.2 Å². The smallest absolute Gasteiger partial charge is 0.244 e. The second-order valence-corrected chi connectivity index (χ2v) is 10.1. The number of allylic oxidation sites excluding steroid dienone is 6. The molecule has 2 aliphatic rings. The summed E-state index contributed by atoms with van der Waals surface area (Å²) >= 11 is 0. The van der Waals surface area contributed by atoms with Crippen molar-refractivity contribution < 1.29 is 9.59 Å². The summed E-state index contributed by atoms with van der Waals surface area (Å²) in [6.45, 7) is 14.1. The Labute approximate surface area is 183 Å². The summed E-state index contributed by atoms with van der Waals surface area (Å²) in [6, 6.07) is 0. The number of hydrogen-bond donors (Lipinski definition) is 2. The van der Waals surface area contributed by atoms with Crippen LogP contribution < -0.4 is 10.6 Å². The lowest BCUT2D eigenvalue weighted by Gasteiger charge is -2.32. The molecule has 0 atom stereocenters. The molecule has 166 valence electrons. The second kappa shape index (κ2) is 10.3. The van der Waals surface area contributed by atoms with Gasteiger partial charge >= 0.3 is 0 Å². The zero-order chi connectivity index (χ0) is 22.4. The molecular formula is C26H40N2O2. The Hall–Kier alpha value is -2.10. The third-order valence-corrected chi connectivity index (χ3v) is 6.61. The number of carbonyl (C=O) groups excluding carboxylic acids is 2. The van der Waals surface area contributed by atoms with Gasteiger partial charge in [-0.3, -0.25) is 9.59 Å². The van der Waals surface area contributed by atoms with Crippen LogP contribution in [0.2, 0.25) is 0 Å². The number of carbonyl (C=O) groups is 2. The summed E-state index contributed by atoms with van der Waals surface area (Å²) in [5.74, 6) is -0.239. The molecule has 30 heavy (non-hydrogen) atoms. The molecule has 0 unspecified atom stereocenters. The van der Waals surface area contributed by atoms with Crippen LogP contribution in [0.5, 0.6) is 0 Å². The van der Waals surface area contributed by atoms with Crippen molar-refractivity contribution in [1.82, 2.24) is 10.6 Å². The Bertz CT molecular complexity index is 713. The number of amides is 2. The van der Waals surface area contributed by atoms with E-state index in [0.717, 1.165) is 25.7 Å². The molecule has 2 N–H and O–H groups in total. The highest BCUT2D eigenvalue weighted by Gasteiger charge is 2.27. The van der Waals surface area contributed by atoms with E-state index in [4.69, 9.17) is 0 Å². The zero-order valence-corrected chi connectivity index (χ0v) is 19.8. The molecule has 0 aliphatic heterocycles. The average Bonchev–Trinajstić information content (AvgIpc) is 2.63. The van der Waals surface area contributed by atoms with Crippen molar-refractivity contribution in [3.05, 3.63) is 46.6 Å². The first-order valence-electron chi connectivity index (χ1n) is 11.4. The molecule has 0 aromatic rings. The van der Waals surface area contributed by atoms with E-state index in [9.17, 15) is 9.59 Å². The zero-order valence-electron chi connectivity index (χ0n) is 19.8. The van der Waals surface area contributed by atoms with Crippen LogP contribution in [0.1, 0.15) is 80.1 Å². The van der Waals surface area contributed by atoms with Crippen LogP contribution in [-0.2, 0) is 9.59 Å². The SMILES string of the molecule is CC1=C(/C=C/C(=O)NCCNC(=O)/C=C/C2=C(C)CCCC2(C)C)C(C)(C)CCC1. The fourth-order valence-electron chi connectivity index (χ4n) is 4.83. The van der Waals surface area contributed by atoms with Crippen LogP contribution in [0.4, 0.5) is 0 Å². The average molecular weight is 413 g/mol. The lowest BCUT2D eigenvalue weighted by molar-refractivity contribution is -0.118. The normalized spacial score (nSPS) is 21.4. The van der Waals surface area contributed by atoms with E-state index in [0.29, 0.717) is 13.1 Å². The molecule has 2 aliphatic carbocycles. The first kappa shape index (κ1) is 24.2. The first-order chi connectivity index (χ1) is 14.0. The third-order valence-electron chi connectivity index (χ3n) is 6.61. The van der Waals surface area contributed by atoms with E-state index in [1.807, 2.05) is 12.2 Å². The highest BCUT2D eigenvalue weighted by molar-refractivity contribution is 5.89. The predicted molar refractivity (Wildman–Crippen MR) is 125 cm³/mol. The van der Waals surface area contributed by atoms with Gasteiger partial charge in [-0.25, -0.2) is 0 Å². The van der Waals surface area contributed by atoms with Crippen LogP contribution in [0, 0.1) is 10.8 Å². The third kappa shape index (κ3) is 6.72. The molecule has 0 radical (unpaired) electrons. The van der Waals surface area contributed by atoms with Crippen molar-refractivity contribution in [1.29, 1.82) is 0 Å². The topological polar surface area (TPSA) is 58.2 Å². The van der Waals surface area contributed by atoms with Gasteiger partial charge in [0.2, 0.25) is 11.8 Å². The fourth-order valence-corrected chi connectivity index (χ4v) is 4.83. The summed E-state index contributed by atoms with van der Waals surface area (Å²) in [6.07, 6.45) is 14.1. The Morgan fingerprint density at radius 3 is 1.47 bits per heavy atom. The monoisotopic (exact) mass is 412 g/mol. The first-order valence-corrected chi connectivity index (χ1v) is 11.4. The van der Waals surface area contributed by atoms with Crippen molar-refractivity contribution >= 4 is 11.8 Å². The van der Waals surface area contributed by atoms with Gasteiger partial charge < -0.3 is 10.6 Å². The van der Waals surface area contributed by atoms with Gasteiger partial charge in [0.05, 0.1) is 0 Å². The Balaban J connectivity index is 1.77. The van der Waals surface area contributed by atoms with E-state index in [2.05, 4.69) is 52.2 Å². The molecule has 0 heterocycles. The predicted octanol–water partition coefficient (Wildman–Crippen LogP) is 5.38. The van der Waals surface area contributed by atoms with Crippen molar-refractivity contribution in [2.45, 2.75) is 80.1 Å². The standard InChI is InChI=1S/C26H40N2O2/c1-19-9-7-15-25(3,4)21(19)11-13-23(29)27-17-18-28-24(30)14-12-22-20(2)10-8-16-26(22,5)6/h11-14H,7-10,15-18H2,1-6H3,(H,27,29)(H,28,30)/b13-11+,14-12+. The van der Waals surface area contributed by atoms with Gasteiger partial charge in [-0.05, 0) is 74.3 Å². The minimum Gasteiger partial charge on any atom is -0.351 e. The number of rotatable bonds is 7. The molecule has 2 amide bonds. The Kier molecular flexibility index (Phi) is 8.28. The fraction of sp³-hybridized carbons (Fsp3) is 0.615. The lowest BCUT2D eigenvalue weighted by atomic mass is 9.72. The van der Waals surface area contributed by atoms with Gasteiger partial charge in [-0.1, -0.05) is 51.0 Å². The van der Waals surface area contributed by atoms with Gasteiger partial charge in [0.25, 0.3) is 0 Å². The molecule has 0 saturated carbocycles. The van der Waals surface area contributed by atoms with Crippen LogP contribution >= 0.6 is 0 Å².